The van der Waals surface area contributed by atoms with Crippen LogP contribution in [0.1, 0.15) is 12.6 Å². The second-order valence-corrected chi connectivity index (χ2v) is 7.50. The first-order valence-electron chi connectivity index (χ1n) is 7.93. The summed E-state index contributed by atoms with van der Waals surface area (Å²) < 4.78 is 7.55. The Bertz CT molecular complexity index is 792. The standard InChI is InChI=1S/C14H19N6O4SSe/c15-11-8-12(18-4-17-11)20(5-19-8)13-9(21)10(26)7(24-13)3-16-6(1-2-25)14(22)23/h4-7,9-10,13,16,21,25H,1-3H2,(H,22,23)(H2,15,17,18)/t6-,7+,9+,10+,13+/m0/s1. The number of hydrogen-bond acceptors (Lipinski definition) is 9. The number of carbonyl (C=O) groups is 1. The molecule has 1 saturated heterocycles. The van der Waals surface area contributed by atoms with Gasteiger partial charge in [0.1, 0.15) is 0 Å². The molecule has 1 aliphatic heterocycles. The zero-order valence-corrected chi connectivity index (χ0v) is 16.2. The van der Waals surface area contributed by atoms with Crippen molar-refractivity contribution in [3.63, 3.8) is 0 Å². The Hall–Kier alpha value is -1.43. The van der Waals surface area contributed by atoms with Gasteiger partial charge in [0.15, 0.2) is 0 Å². The van der Waals surface area contributed by atoms with Crippen LogP contribution in [-0.4, -0.2) is 82.3 Å². The van der Waals surface area contributed by atoms with E-state index in [0.29, 0.717) is 23.3 Å². The zero-order valence-electron chi connectivity index (χ0n) is 13.6. The van der Waals surface area contributed by atoms with Crippen LogP contribution in [0.15, 0.2) is 12.7 Å². The van der Waals surface area contributed by atoms with Gasteiger partial charge in [-0.2, -0.15) is 0 Å². The number of carboxylic acids is 1. The first-order chi connectivity index (χ1) is 12.4. The fourth-order valence-electron chi connectivity index (χ4n) is 2.87. The Morgan fingerprint density at radius 3 is 2.96 bits per heavy atom. The molecule has 0 saturated carbocycles. The summed E-state index contributed by atoms with van der Waals surface area (Å²) in [6.07, 6.45) is 1.20. The van der Waals surface area contributed by atoms with Crippen LogP contribution in [0.4, 0.5) is 5.82 Å². The molecule has 2 aromatic heterocycles. The minimum absolute atomic E-state index is 0.245. The summed E-state index contributed by atoms with van der Waals surface area (Å²) >= 11 is 6.98. The van der Waals surface area contributed by atoms with E-state index in [1.54, 1.807) is 4.57 Å². The number of nitrogens with one attached hydrogen (secondary N) is 1. The summed E-state index contributed by atoms with van der Waals surface area (Å²) in [6.45, 7) is 0.264. The number of ether oxygens (including phenoxy) is 1. The average Bonchev–Trinajstić information content (AvgIpc) is 3.15. The van der Waals surface area contributed by atoms with Gasteiger partial charge in [0.25, 0.3) is 0 Å². The van der Waals surface area contributed by atoms with Gasteiger partial charge in [0.2, 0.25) is 0 Å². The number of rotatable bonds is 7. The molecule has 3 rings (SSSR count). The zero-order chi connectivity index (χ0) is 18.8. The maximum absolute atomic E-state index is 11.2. The van der Waals surface area contributed by atoms with Gasteiger partial charge in [-0.1, -0.05) is 0 Å². The topological polar surface area (TPSA) is 148 Å². The van der Waals surface area contributed by atoms with Gasteiger partial charge in [-0.3, -0.25) is 0 Å². The molecule has 0 bridgehead atoms. The van der Waals surface area contributed by atoms with Gasteiger partial charge < -0.3 is 0 Å². The summed E-state index contributed by atoms with van der Waals surface area (Å²) in [6, 6.07) is -0.721. The van der Waals surface area contributed by atoms with E-state index in [4.69, 9.17) is 10.5 Å². The minimum atomic E-state index is -0.946. The van der Waals surface area contributed by atoms with Gasteiger partial charge in [-0.05, 0) is 0 Å². The van der Waals surface area contributed by atoms with E-state index in [9.17, 15) is 15.0 Å². The van der Waals surface area contributed by atoms with Crippen LogP contribution in [-0.2, 0) is 9.53 Å². The number of carboxylic acid groups (broad SMARTS) is 1. The molecule has 0 unspecified atom stereocenters. The van der Waals surface area contributed by atoms with Crippen molar-refractivity contribution in [2.45, 2.75) is 35.7 Å². The van der Waals surface area contributed by atoms with Crippen LogP contribution in [0.5, 0.6) is 0 Å². The summed E-state index contributed by atoms with van der Waals surface area (Å²) in [5.41, 5.74) is 6.68. The molecule has 3 heterocycles. The van der Waals surface area contributed by atoms with Crippen LogP contribution in [0.25, 0.3) is 11.2 Å². The SMILES string of the molecule is Nc1ncnc2c1ncn2[C@@H]1O[C@H](CN[C@@H](CCS)C(=O)O)[C@@H]([Se])[C@H]1O. The van der Waals surface area contributed by atoms with E-state index in [-0.39, 0.29) is 17.2 Å². The fourth-order valence-corrected chi connectivity index (χ4v) is 3.75. The van der Waals surface area contributed by atoms with E-state index in [0.717, 1.165) is 0 Å². The summed E-state index contributed by atoms with van der Waals surface area (Å²) in [4.78, 5) is 23.1. The van der Waals surface area contributed by atoms with Crippen molar-refractivity contribution >= 4 is 51.6 Å². The van der Waals surface area contributed by atoms with Crippen molar-refractivity contribution in [3.8, 4) is 0 Å². The number of nitrogens with zero attached hydrogens (tertiary/aromatic N) is 4. The number of aliphatic hydroxyl groups excluding tert-OH is 1. The molecule has 1 aliphatic rings. The number of imidazole rings is 1. The molecule has 141 valence electrons. The predicted octanol–water partition coefficient (Wildman–Crippen LogP) is -1.01. The number of nitrogens with two attached hydrogens (primary N) is 1. The average molecular weight is 446 g/mol. The van der Waals surface area contributed by atoms with E-state index in [2.05, 4.69) is 48.9 Å². The van der Waals surface area contributed by atoms with E-state index in [1.807, 2.05) is 0 Å². The van der Waals surface area contributed by atoms with Crippen LogP contribution < -0.4 is 11.1 Å². The number of hydrogen-bond donors (Lipinski definition) is 5. The number of fused-ring (bicyclic) bond motifs is 1. The first kappa shape index (κ1) is 19.3. The molecule has 2 aromatic rings. The van der Waals surface area contributed by atoms with E-state index >= 15 is 0 Å². The van der Waals surface area contributed by atoms with E-state index < -0.39 is 30.4 Å². The third-order valence-electron chi connectivity index (χ3n) is 4.25. The van der Waals surface area contributed by atoms with Crippen LogP contribution in [0, 0.1) is 0 Å². The first-order valence-corrected chi connectivity index (χ1v) is 9.55. The quantitative estimate of drug-likeness (QED) is 0.266. The molecule has 0 aromatic carbocycles. The summed E-state index contributed by atoms with van der Waals surface area (Å²) in [5, 5.41) is 22.7. The molecule has 10 nitrogen and oxygen atoms in total. The number of thiol groups is 1. The third-order valence-corrected chi connectivity index (χ3v) is 5.73. The van der Waals surface area contributed by atoms with Gasteiger partial charge in [-0.25, -0.2) is 0 Å². The predicted molar refractivity (Wildman–Crippen MR) is 97.1 cm³/mol. The third kappa shape index (κ3) is 3.66. The molecule has 26 heavy (non-hydrogen) atoms. The second-order valence-electron chi connectivity index (χ2n) is 5.91. The molecular formula is C14H19N6O4SSe. The Kier molecular flexibility index (Phi) is 6.00. The van der Waals surface area contributed by atoms with Gasteiger partial charge >= 0.3 is 163 Å². The van der Waals surface area contributed by atoms with Crippen molar-refractivity contribution in [2.75, 3.05) is 18.0 Å². The number of nitrogen functional groups attached to an aromatic ring is 1. The monoisotopic (exact) mass is 447 g/mol. The van der Waals surface area contributed by atoms with E-state index in [1.165, 1.54) is 12.7 Å². The van der Waals surface area contributed by atoms with Crippen LogP contribution in [0.2, 0.25) is 4.82 Å². The van der Waals surface area contributed by atoms with Gasteiger partial charge in [-0.15, -0.1) is 0 Å². The van der Waals surface area contributed by atoms with Crippen molar-refractivity contribution in [2.24, 2.45) is 0 Å². The number of aromatic nitrogens is 4. The number of aliphatic carboxylic acids is 1. The Morgan fingerprint density at radius 2 is 2.27 bits per heavy atom. The van der Waals surface area contributed by atoms with Crippen molar-refractivity contribution < 1.29 is 19.7 Å². The van der Waals surface area contributed by atoms with Gasteiger partial charge in [0.05, 0.1) is 0 Å². The second kappa shape index (κ2) is 8.07. The number of aliphatic hydroxyl groups is 1. The summed E-state index contributed by atoms with van der Waals surface area (Å²) in [5.74, 6) is -0.251. The van der Waals surface area contributed by atoms with Crippen molar-refractivity contribution in [1.29, 1.82) is 0 Å². The van der Waals surface area contributed by atoms with Crippen LogP contribution in [0.3, 0.4) is 0 Å². The molecule has 1 radical (unpaired) electrons. The normalized spacial score (nSPS) is 27.0. The Labute approximate surface area is 162 Å². The molecule has 12 heteroatoms. The Balaban J connectivity index is 1.75. The van der Waals surface area contributed by atoms with Crippen molar-refractivity contribution in [3.05, 3.63) is 12.7 Å². The molecule has 5 N–H and O–H groups in total. The molecule has 0 aliphatic carbocycles. The summed E-state index contributed by atoms with van der Waals surface area (Å²) in [7, 11) is 0. The molecular weight excluding hydrogens is 427 g/mol. The van der Waals surface area contributed by atoms with Crippen LogP contribution >= 0.6 is 12.6 Å². The number of anilines is 1. The molecule has 0 spiro atoms. The molecule has 1 fully saturated rings. The Morgan fingerprint density at radius 1 is 1.50 bits per heavy atom. The van der Waals surface area contributed by atoms with Gasteiger partial charge in [0, 0.05) is 0 Å². The maximum atomic E-state index is 11.2. The molecule has 5 atom stereocenters. The van der Waals surface area contributed by atoms with Crippen molar-refractivity contribution in [1.82, 2.24) is 24.8 Å². The fraction of sp³-hybridized carbons (Fsp3) is 0.571. The molecule has 0 amide bonds.